The number of halogens is 1. The summed E-state index contributed by atoms with van der Waals surface area (Å²) in [6.07, 6.45) is 0.702. The largest absolute Gasteiger partial charge is 0.332 e. The average Bonchev–Trinajstić information content (AvgIpc) is 3.25. The Bertz CT molecular complexity index is 976. The zero-order valence-corrected chi connectivity index (χ0v) is 16.4. The highest BCUT2D eigenvalue weighted by Crippen LogP contribution is 2.32. The van der Waals surface area contributed by atoms with Gasteiger partial charge in [0.2, 0.25) is 10.0 Å². The van der Waals surface area contributed by atoms with Crippen LogP contribution >= 0.6 is 22.9 Å². The minimum Gasteiger partial charge on any atom is -0.312 e. The number of amides is 3. The molecule has 2 fully saturated rings. The van der Waals surface area contributed by atoms with Gasteiger partial charge in [0.1, 0.15) is 10.3 Å². The maximum absolute atomic E-state index is 12.8. The molecule has 0 aliphatic carbocycles. The number of nitrogens with zero attached hydrogens (tertiary/aromatic N) is 2. The lowest BCUT2D eigenvalue weighted by Crippen LogP contribution is -2.49. The number of piperidine rings is 1. The van der Waals surface area contributed by atoms with Crippen LogP contribution < -0.4 is 9.62 Å². The van der Waals surface area contributed by atoms with Gasteiger partial charge in [0.25, 0.3) is 5.91 Å². The van der Waals surface area contributed by atoms with Crippen molar-refractivity contribution in [3.8, 4) is 0 Å². The number of hydrogen-bond donors (Lipinski definition) is 1. The van der Waals surface area contributed by atoms with Gasteiger partial charge in [-0.1, -0.05) is 17.7 Å². The van der Waals surface area contributed by atoms with Gasteiger partial charge in [-0.25, -0.2) is 22.8 Å². The zero-order valence-electron chi connectivity index (χ0n) is 14.0. The molecule has 1 aromatic carbocycles. The third-order valence-corrected chi connectivity index (χ3v) is 7.88. The normalized spacial score (nSPS) is 23.0. The summed E-state index contributed by atoms with van der Waals surface area (Å²) in [6, 6.07) is 8.23. The fourth-order valence-corrected chi connectivity index (χ4v) is 5.85. The summed E-state index contributed by atoms with van der Waals surface area (Å²) >= 11 is 7.01. The molecule has 2 aromatic rings. The zero-order chi connectivity index (χ0) is 19.2. The number of nitrogens with one attached hydrogen (secondary N) is 1. The summed E-state index contributed by atoms with van der Waals surface area (Å²) in [7, 11) is -3.62. The maximum atomic E-state index is 12.8. The molecule has 0 radical (unpaired) electrons. The number of sulfonamides is 1. The van der Waals surface area contributed by atoms with Crippen LogP contribution in [0.3, 0.4) is 0 Å². The van der Waals surface area contributed by atoms with Crippen LogP contribution in [-0.4, -0.2) is 43.9 Å². The molecule has 2 saturated heterocycles. The van der Waals surface area contributed by atoms with E-state index in [1.54, 1.807) is 35.7 Å². The summed E-state index contributed by atoms with van der Waals surface area (Å²) in [5, 5.41) is 2.21. The number of anilines is 1. The monoisotopic (exact) mass is 425 g/mol. The quantitative estimate of drug-likeness (QED) is 0.763. The molecule has 2 atom stereocenters. The van der Waals surface area contributed by atoms with Crippen molar-refractivity contribution < 1.29 is 18.0 Å². The first-order valence-corrected chi connectivity index (χ1v) is 11.1. The van der Waals surface area contributed by atoms with Crippen molar-refractivity contribution in [3.63, 3.8) is 0 Å². The first kappa shape index (κ1) is 18.4. The van der Waals surface area contributed by atoms with Crippen LogP contribution in [-0.2, 0) is 14.8 Å². The van der Waals surface area contributed by atoms with E-state index in [1.165, 1.54) is 11.0 Å². The van der Waals surface area contributed by atoms with E-state index < -0.39 is 22.1 Å². The third kappa shape index (κ3) is 3.36. The van der Waals surface area contributed by atoms with Crippen LogP contribution in [0.25, 0.3) is 0 Å². The Balaban J connectivity index is 1.52. The van der Waals surface area contributed by atoms with Crippen LogP contribution in [0.2, 0.25) is 5.02 Å². The van der Waals surface area contributed by atoms with Gasteiger partial charge in [0.05, 0.1) is 5.69 Å². The molecule has 0 unspecified atom stereocenters. The van der Waals surface area contributed by atoms with E-state index in [0.717, 1.165) is 16.2 Å². The lowest BCUT2D eigenvalue weighted by molar-refractivity contribution is -0.120. The molecule has 0 saturated carbocycles. The van der Waals surface area contributed by atoms with Crippen LogP contribution in [0, 0.1) is 0 Å². The van der Waals surface area contributed by atoms with Crippen molar-refractivity contribution in [2.24, 2.45) is 0 Å². The third-order valence-electron chi connectivity index (χ3n) is 4.71. The number of carbonyl (C=O) groups is 2. The Morgan fingerprint density at radius 3 is 2.56 bits per heavy atom. The van der Waals surface area contributed by atoms with E-state index in [4.69, 9.17) is 11.6 Å². The van der Waals surface area contributed by atoms with Crippen LogP contribution in [0.15, 0.2) is 46.0 Å². The Kier molecular flexibility index (Phi) is 4.71. The Hall–Kier alpha value is -1.94. The van der Waals surface area contributed by atoms with Crippen molar-refractivity contribution in [2.45, 2.75) is 29.1 Å². The van der Waals surface area contributed by atoms with E-state index in [9.17, 15) is 18.0 Å². The lowest BCUT2D eigenvalue weighted by atomic mass is 9.99. The van der Waals surface area contributed by atoms with Crippen molar-refractivity contribution in [3.05, 3.63) is 46.8 Å². The molecule has 10 heteroatoms. The van der Waals surface area contributed by atoms with Gasteiger partial charge in [-0.05, 0) is 48.6 Å². The molecule has 3 heterocycles. The second kappa shape index (κ2) is 6.90. The molecular weight excluding hydrogens is 410 g/mol. The highest BCUT2D eigenvalue weighted by molar-refractivity contribution is 7.91. The highest BCUT2D eigenvalue weighted by atomic mass is 35.5. The Morgan fingerprint density at radius 2 is 1.89 bits per heavy atom. The molecule has 4 rings (SSSR count). The number of imide groups is 1. The second-order valence-corrected chi connectivity index (χ2v) is 9.74. The minimum atomic E-state index is -3.62. The van der Waals surface area contributed by atoms with Crippen LogP contribution in [0.1, 0.15) is 12.8 Å². The molecule has 7 nitrogen and oxygen atoms in total. The lowest BCUT2D eigenvalue weighted by Gasteiger charge is -2.32. The first-order valence-electron chi connectivity index (χ1n) is 8.33. The van der Waals surface area contributed by atoms with Crippen molar-refractivity contribution >= 4 is 50.6 Å². The Labute approximate surface area is 165 Å². The molecular formula is C17H16ClN3O4S2. The number of hydrogen-bond acceptors (Lipinski definition) is 5. The van der Waals surface area contributed by atoms with E-state index in [2.05, 4.69) is 4.72 Å². The molecule has 0 bridgehead atoms. The molecule has 0 spiro atoms. The van der Waals surface area contributed by atoms with E-state index in [1.807, 2.05) is 0 Å². The number of fused-ring (bicyclic) bond motifs is 1. The van der Waals surface area contributed by atoms with Crippen LogP contribution in [0.5, 0.6) is 0 Å². The van der Waals surface area contributed by atoms with Gasteiger partial charge in [-0.2, -0.15) is 0 Å². The summed E-state index contributed by atoms with van der Waals surface area (Å²) in [4.78, 5) is 28.1. The summed E-state index contributed by atoms with van der Waals surface area (Å²) in [5.41, 5.74) is 0.458. The summed E-state index contributed by atoms with van der Waals surface area (Å²) < 4.78 is 27.8. The molecule has 2 aliphatic heterocycles. The van der Waals surface area contributed by atoms with Gasteiger partial charge in [0, 0.05) is 17.6 Å². The maximum Gasteiger partial charge on any atom is 0.332 e. The predicted molar refractivity (Wildman–Crippen MR) is 102 cm³/mol. The number of carbonyl (C=O) groups excluding carboxylic acids is 2. The highest BCUT2D eigenvalue weighted by Gasteiger charge is 2.49. The van der Waals surface area contributed by atoms with Gasteiger partial charge < -0.3 is 4.90 Å². The fraction of sp³-hybridized carbons (Fsp3) is 0.294. The minimum absolute atomic E-state index is 0.238. The fourth-order valence-electron chi connectivity index (χ4n) is 3.43. The SMILES string of the molecule is O=C1[C@@H]2C[C@@H](NS(=O)(=O)c3cccs3)CCN2C(=O)N1c1ccc(Cl)cc1. The molecule has 1 N–H and O–H groups in total. The molecule has 3 amide bonds. The molecule has 27 heavy (non-hydrogen) atoms. The predicted octanol–water partition coefficient (Wildman–Crippen LogP) is 2.68. The number of rotatable bonds is 4. The second-order valence-electron chi connectivity index (χ2n) is 6.42. The first-order chi connectivity index (χ1) is 12.9. The Morgan fingerprint density at radius 1 is 1.15 bits per heavy atom. The van der Waals surface area contributed by atoms with Gasteiger partial charge >= 0.3 is 6.03 Å². The van der Waals surface area contributed by atoms with Crippen molar-refractivity contribution in [1.82, 2.24) is 9.62 Å². The van der Waals surface area contributed by atoms with E-state index in [-0.39, 0.29) is 22.6 Å². The smallest absolute Gasteiger partial charge is 0.312 e. The van der Waals surface area contributed by atoms with Gasteiger partial charge in [0.15, 0.2) is 0 Å². The number of urea groups is 1. The van der Waals surface area contributed by atoms with Gasteiger partial charge in [-0.3, -0.25) is 4.79 Å². The average molecular weight is 426 g/mol. The molecule has 2 aliphatic rings. The van der Waals surface area contributed by atoms with E-state index >= 15 is 0 Å². The number of benzene rings is 1. The van der Waals surface area contributed by atoms with Crippen molar-refractivity contribution in [1.29, 1.82) is 0 Å². The van der Waals surface area contributed by atoms with E-state index in [0.29, 0.717) is 23.7 Å². The number of thiophene rings is 1. The topological polar surface area (TPSA) is 86.8 Å². The summed E-state index contributed by atoms with van der Waals surface area (Å²) in [5.74, 6) is -0.345. The van der Waals surface area contributed by atoms with Gasteiger partial charge in [-0.15, -0.1) is 11.3 Å². The standard InChI is InChI=1S/C17H16ClN3O4S2/c18-11-3-5-13(6-4-11)21-16(22)14-10-12(7-8-20(14)17(21)23)19-27(24,25)15-2-1-9-26-15/h1-6,9,12,14,19H,7-8,10H2/t12-,14-/m0/s1. The van der Waals surface area contributed by atoms with Crippen LogP contribution in [0.4, 0.5) is 10.5 Å². The van der Waals surface area contributed by atoms with Crippen molar-refractivity contribution in [2.75, 3.05) is 11.4 Å². The summed E-state index contributed by atoms with van der Waals surface area (Å²) in [6.45, 7) is 0.316. The molecule has 1 aromatic heterocycles. The molecule has 142 valence electrons.